The van der Waals surface area contributed by atoms with Crippen LogP contribution in [0, 0.1) is 5.92 Å². The molecule has 0 aromatic carbocycles. The number of ether oxygens (including phenoxy) is 1. The van der Waals surface area contributed by atoms with Crippen molar-refractivity contribution < 1.29 is 9.53 Å². The molecule has 1 aromatic rings. The van der Waals surface area contributed by atoms with Crippen LogP contribution < -0.4 is 5.32 Å². The third-order valence-corrected chi connectivity index (χ3v) is 2.88. The van der Waals surface area contributed by atoms with Crippen LogP contribution >= 0.6 is 0 Å². The molecule has 0 spiro atoms. The van der Waals surface area contributed by atoms with Crippen molar-refractivity contribution in [2.75, 3.05) is 13.7 Å². The normalized spacial score (nSPS) is 12.4. The van der Waals surface area contributed by atoms with E-state index in [1.807, 2.05) is 18.2 Å². The Hall–Kier alpha value is -1.42. The van der Waals surface area contributed by atoms with Crippen LogP contribution in [0.2, 0.25) is 0 Å². The summed E-state index contributed by atoms with van der Waals surface area (Å²) in [4.78, 5) is 15.9. The Morgan fingerprint density at radius 1 is 1.44 bits per heavy atom. The van der Waals surface area contributed by atoms with E-state index in [1.54, 1.807) is 13.3 Å². The van der Waals surface area contributed by atoms with E-state index in [0.717, 1.165) is 5.69 Å². The lowest BCUT2D eigenvalue weighted by Crippen LogP contribution is -2.36. The number of carbonyl (C=O) groups excluding carboxylic acids is 1. The van der Waals surface area contributed by atoms with Crippen LogP contribution in [0.4, 0.5) is 0 Å². The summed E-state index contributed by atoms with van der Waals surface area (Å²) in [7, 11) is 1.67. The van der Waals surface area contributed by atoms with Gasteiger partial charge in [0.2, 0.25) is 5.91 Å². The lowest BCUT2D eigenvalue weighted by Gasteiger charge is -2.19. The van der Waals surface area contributed by atoms with E-state index >= 15 is 0 Å². The monoisotopic (exact) mass is 250 g/mol. The van der Waals surface area contributed by atoms with Gasteiger partial charge in [0.25, 0.3) is 0 Å². The highest BCUT2D eigenvalue weighted by molar-refractivity contribution is 5.76. The largest absolute Gasteiger partial charge is 0.379 e. The molecule has 0 aliphatic heterocycles. The Bertz CT molecular complexity index is 352. The maximum atomic E-state index is 11.7. The van der Waals surface area contributed by atoms with Crippen LogP contribution in [0.25, 0.3) is 0 Å². The van der Waals surface area contributed by atoms with E-state index in [0.29, 0.717) is 25.3 Å². The zero-order valence-electron chi connectivity index (χ0n) is 11.3. The van der Waals surface area contributed by atoms with E-state index in [4.69, 9.17) is 4.74 Å². The van der Waals surface area contributed by atoms with Crippen LogP contribution in [0.3, 0.4) is 0 Å². The molecule has 0 fully saturated rings. The number of pyridine rings is 1. The number of hydrogen-bond donors (Lipinski definition) is 1. The highest BCUT2D eigenvalue weighted by atomic mass is 16.5. The first-order valence-corrected chi connectivity index (χ1v) is 6.33. The minimum atomic E-state index is 0.0448. The van der Waals surface area contributed by atoms with Crippen molar-refractivity contribution in [1.29, 1.82) is 0 Å². The Morgan fingerprint density at radius 3 is 2.78 bits per heavy atom. The molecule has 1 rings (SSSR count). The van der Waals surface area contributed by atoms with Crippen molar-refractivity contribution in [2.45, 2.75) is 32.8 Å². The van der Waals surface area contributed by atoms with Crippen molar-refractivity contribution >= 4 is 5.91 Å². The molecule has 0 aliphatic rings. The number of rotatable bonds is 7. The van der Waals surface area contributed by atoms with Gasteiger partial charge in [0, 0.05) is 32.0 Å². The zero-order chi connectivity index (χ0) is 13.4. The minimum absolute atomic E-state index is 0.0448. The van der Waals surface area contributed by atoms with Gasteiger partial charge >= 0.3 is 0 Å². The highest BCUT2D eigenvalue weighted by Gasteiger charge is 2.13. The van der Waals surface area contributed by atoms with E-state index in [9.17, 15) is 4.79 Å². The molecular formula is C14H22N2O2. The van der Waals surface area contributed by atoms with Crippen molar-refractivity contribution in [3.8, 4) is 0 Å². The van der Waals surface area contributed by atoms with Gasteiger partial charge in [0.05, 0.1) is 6.10 Å². The summed E-state index contributed by atoms with van der Waals surface area (Å²) >= 11 is 0. The van der Waals surface area contributed by atoms with Gasteiger partial charge in [-0.3, -0.25) is 9.78 Å². The molecule has 1 atom stereocenters. The molecule has 4 heteroatoms. The molecule has 100 valence electrons. The van der Waals surface area contributed by atoms with Crippen molar-refractivity contribution in [3.63, 3.8) is 0 Å². The molecule has 4 nitrogen and oxygen atoms in total. The second-order valence-electron chi connectivity index (χ2n) is 4.64. The number of nitrogens with one attached hydrogen (secondary N) is 1. The number of methoxy groups -OCH3 is 1. The number of amides is 1. The summed E-state index contributed by atoms with van der Waals surface area (Å²) in [6.45, 7) is 4.72. The van der Waals surface area contributed by atoms with Crippen LogP contribution in [-0.4, -0.2) is 30.6 Å². The number of aromatic nitrogens is 1. The van der Waals surface area contributed by atoms with Crippen molar-refractivity contribution in [1.82, 2.24) is 10.3 Å². The molecule has 0 aliphatic carbocycles. The zero-order valence-corrected chi connectivity index (χ0v) is 11.3. The summed E-state index contributed by atoms with van der Waals surface area (Å²) in [6.07, 6.45) is 2.95. The topological polar surface area (TPSA) is 51.2 Å². The maximum Gasteiger partial charge on any atom is 0.220 e. The van der Waals surface area contributed by atoms with Crippen LogP contribution in [0.1, 0.15) is 26.0 Å². The van der Waals surface area contributed by atoms with Crippen molar-refractivity contribution in [2.24, 2.45) is 5.92 Å². The fraction of sp³-hybridized carbons (Fsp3) is 0.571. The first-order valence-electron chi connectivity index (χ1n) is 6.33. The molecule has 0 radical (unpaired) electrons. The summed E-state index contributed by atoms with van der Waals surface area (Å²) < 4.78 is 5.30. The fourth-order valence-corrected chi connectivity index (χ4v) is 1.68. The average Bonchev–Trinajstić information content (AvgIpc) is 2.38. The number of hydrogen-bond acceptors (Lipinski definition) is 3. The van der Waals surface area contributed by atoms with Crippen molar-refractivity contribution in [3.05, 3.63) is 30.1 Å². The first kappa shape index (κ1) is 14.6. The molecule has 0 bridgehead atoms. The third kappa shape index (κ3) is 5.27. The molecule has 1 aromatic heterocycles. The second-order valence-corrected chi connectivity index (χ2v) is 4.64. The molecule has 1 amide bonds. The van der Waals surface area contributed by atoms with Gasteiger partial charge in [0.1, 0.15) is 0 Å². The Labute approximate surface area is 109 Å². The smallest absolute Gasteiger partial charge is 0.220 e. The lowest BCUT2D eigenvalue weighted by molar-refractivity contribution is -0.121. The number of aryl methyl sites for hydroxylation is 1. The Balaban J connectivity index is 2.26. The van der Waals surface area contributed by atoms with Crippen LogP contribution in [-0.2, 0) is 16.0 Å². The summed E-state index contributed by atoms with van der Waals surface area (Å²) in [5.74, 6) is 0.439. The summed E-state index contributed by atoms with van der Waals surface area (Å²) in [5.41, 5.74) is 0.944. The minimum Gasteiger partial charge on any atom is -0.379 e. The van der Waals surface area contributed by atoms with Crippen LogP contribution in [0.5, 0.6) is 0 Å². The van der Waals surface area contributed by atoms with Gasteiger partial charge in [0.15, 0.2) is 0 Å². The van der Waals surface area contributed by atoms with Gasteiger partial charge in [-0.05, 0) is 24.5 Å². The van der Waals surface area contributed by atoms with Gasteiger partial charge in [-0.15, -0.1) is 0 Å². The SMILES string of the molecule is CO[C@H](CNC(=O)CCc1ccccn1)C(C)C. The summed E-state index contributed by atoms with van der Waals surface area (Å²) in [5, 5.41) is 2.89. The maximum absolute atomic E-state index is 11.7. The standard InChI is InChI=1S/C14H22N2O2/c1-11(2)13(18-3)10-16-14(17)8-7-12-6-4-5-9-15-12/h4-6,9,11,13H,7-8,10H2,1-3H3,(H,16,17)/t13-/m1/s1. The third-order valence-electron chi connectivity index (χ3n) is 2.88. The molecule has 0 unspecified atom stereocenters. The van der Waals surface area contributed by atoms with Gasteiger partial charge < -0.3 is 10.1 Å². The molecule has 1 N–H and O–H groups in total. The lowest BCUT2D eigenvalue weighted by atomic mass is 10.1. The molecule has 0 saturated heterocycles. The average molecular weight is 250 g/mol. The quantitative estimate of drug-likeness (QED) is 0.803. The molecule has 1 heterocycles. The first-order chi connectivity index (χ1) is 8.63. The Kier molecular flexibility index (Phi) is 6.36. The van der Waals surface area contributed by atoms with Gasteiger partial charge in [-0.25, -0.2) is 0 Å². The molecule has 18 heavy (non-hydrogen) atoms. The predicted octanol–water partition coefficient (Wildman–Crippen LogP) is 1.80. The van der Waals surface area contributed by atoms with E-state index in [-0.39, 0.29) is 12.0 Å². The van der Waals surface area contributed by atoms with E-state index < -0.39 is 0 Å². The number of nitrogens with zero attached hydrogens (tertiary/aromatic N) is 1. The highest BCUT2D eigenvalue weighted by Crippen LogP contribution is 2.04. The van der Waals surface area contributed by atoms with Gasteiger partial charge in [-0.1, -0.05) is 19.9 Å². The van der Waals surface area contributed by atoms with E-state index in [1.165, 1.54) is 0 Å². The van der Waals surface area contributed by atoms with Crippen LogP contribution in [0.15, 0.2) is 24.4 Å². The van der Waals surface area contributed by atoms with E-state index in [2.05, 4.69) is 24.1 Å². The summed E-state index contributed by atoms with van der Waals surface area (Å²) in [6, 6.07) is 5.73. The molecular weight excluding hydrogens is 228 g/mol. The Morgan fingerprint density at radius 2 is 2.22 bits per heavy atom. The van der Waals surface area contributed by atoms with Gasteiger partial charge in [-0.2, -0.15) is 0 Å². The fourth-order valence-electron chi connectivity index (χ4n) is 1.68. The number of carbonyl (C=O) groups is 1. The molecule has 0 saturated carbocycles. The second kappa shape index (κ2) is 7.82. The predicted molar refractivity (Wildman–Crippen MR) is 71.2 cm³/mol.